The van der Waals surface area contributed by atoms with Crippen LogP contribution >= 0.6 is 11.3 Å². The molecule has 7 aromatic rings. The molecule has 2 aromatic heterocycles. The van der Waals surface area contributed by atoms with E-state index in [-0.39, 0.29) is 6.17 Å². The third-order valence-electron chi connectivity index (χ3n) is 7.64. The van der Waals surface area contributed by atoms with Crippen molar-refractivity contribution in [2.75, 3.05) is 7.05 Å². The number of amidine groups is 1. The summed E-state index contributed by atoms with van der Waals surface area (Å²) in [6, 6.07) is 42.7. The van der Waals surface area contributed by atoms with Crippen LogP contribution in [0.5, 0.6) is 0 Å². The number of aliphatic imine (C=N–C) groups is 2. The summed E-state index contributed by atoms with van der Waals surface area (Å²) >= 11 is 1.86. The molecule has 1 unspecified atom stereocenters. The standard InChI is InChI=1S/C34H24N4S/c1-37-33(23-14-6-3-7-15-23)35-32(22-12-4-2-5-13-22)36-34(37)38-28-18-10-8-16-24(28)26-20-21-27-25-17-9-11-19-29(25)39-31(27)30(26)38/h2-21,33H,1H3. The zero-order valence-corrected chi connectivity index (χ0v) is 22.1. The van der Waals surface area contributed by atoms with Crippen molar-refractivity contribution in [3.63, 3.8) is 0 Å². The lowest BCUT2D eigenvalue weighted by molar-refractivity contribution is 0.372. The van der Waals surface area contributed by atoms with E-state index in [9.17, 15) is 0 Å². The van der Waals surface area contributed by atoms with Gasteiger partial charge in [-0.1, -0.05) is 109 Å². The van der Waals surface area contributed by atoms with Crippen LogP contribution in [-0.2, 0) is 0 Å². The van der Waals surface area contributed by atoms with Crippen molar-refractivity contribution in [2.24, 2.45) is 9.98 Å². The largest absolute Gasteiger partial charge is 0.319 e. The van der Waals surface area contributed by atoms with Crippen LogP contribution in [-0.4, -0.2) is 28.3 Å². The van der Waals surface area contributed by atoms with Gasteiger partial charge in [0, 0.05) is 38.9 Å². The minimum atomic E-state index is -0.202. The Labute approximate surface area is 229 Å². The normalized spacial score (nSPS) is 15.8. The fourth-order valence-electron chi connectivity index (χ4n) is 5.81. The zero-order chi connectivity index (χ0) is 25.9. The monoisotopic (exact) mass is 520 g/mol. The Hall–Kier alpha value is -4.74. The van der Waals surface area contributed by atoms with Crippen molar-refractivity contribution in [2.45, 2.75) is 6.17 Å². The SMILES string of the molecule is CN1C(n2c3ccccc3c3ccc4c5ccccc5sc4c32)=NC(c2ccccc2)=NC1c1ccccc1. The average molecular weight is 521 g/mol. The van der Waals surface area contributed by atoms with E-state index in [1.165, 1.54) is 36.5 Å². The molecule has 5 heteroatoms. The lowest BCUT2D eigenvalue weighted by atomic mass is 10.1. The van der Waals surface area contributed by atoms with E-state index in [0.29, 0.717) is 0 Å². The van der Waals surface area contributed by atoms with Gasteiger partial charge in [-0.05, 0) is 17.7 Å². The number of nitrogens with zero attached hydrogens (tertiary/aromatic N) is 4. The Morgan fingerprint density at radius 2 is 1.31 bits per heavy atom. The molecule has 0 amide bonds. The molecule has 1 atom stereocenters. The van der Waals surface area contributed by atoms with Crippen molar-refractivity contribution in [1.29, 1.82) is 0 Å². The molecule has 186 valence electrons. The van der Waals surface area contributed by atoms with E-state index in [2.05, 4.69) is 114 Å². The summed E-state index contributed by atoms with van der Waals surface area (Å²) in [6.07, 6.45) is -0.202. The van der Waals surface area contributed by atoms with Crippen molar-refractivity contribution in [3.05, 3.63) is 132 Å². The van der Waals surface area contributed by atoms with Crippen LogP contribution in [0.4, 0.5) is 0 Å². The molecule has 8 rings (SSSR count). The van der Waals surface area contributed by atoms with Crippen LogP contribution < -0.4 is 0 Å². The van der Waals surface area contributed by atoms with Gasteiger partial charge in [0.15, 0.2) is 12.0 Å². The smallest absolute Gasteiger partial charge is 0.214 e. The number of para-hydroxylation sites is 1. The molecular formula is C34H24N4S. The molecule has 0 spiro atoms. The number of thiophene rings is 1. The highest BCUT2D eigenvalue weighted by atomic mass is 32.1. The summed E-state index contributed by atoms with van der Waals surface area (Å²) in [5.41, 5.74) is 4.48. The average Bonchev–Trinajstić information content (AvgIpc) is 3.54. The van der Waals surface area contributed by atoms with Crippen molar-refractivity contribution in [1.82, 2.24) is 9.47 Å². The zero-order valence-electron chi connectivity index (χ0n) is 21.3. The first-order valence-corrected chi connectivity index (χ1v) is 13.9. The van der Waals surface area contributed by atoms with Gasteiger partial charge in [-0.15, -0.1) is 11.3 Å². The van der Waals surface area contributed by atoms with Gasteiger partial charge in [-0.3, -0.25) is 4.57 Å². The summed E-state index contributed by atoms with van der Waals surface area (Å²) in [5, 5.41) is 5.04. The first-order chi connectivity index (χ1) is 19.3. The summed E-state index contributed by atoms with van der Waals surface area (Å²) in [6.45, 7) is 0. The Morgan fingerprint density at radius 1 is 0.641 bits per heavy atom. The number of hydrogen-bond donors (Lipinski definition) is 0. The number of aromatic nitrogens is 1. The second-order valence-corrected chi connectivity index (χ2v) is 11.0. The lowest BCUT2D eigenvalue weighted by Gasteiger charge is -2.33. The molecule has 4 nitrogen and oxygen atoms in total. The van der Waals surface area contributed by atoms with Gasteiger partial charge in [0.25, 0.3) is 0 Å². The number of hydrogen-bond acceptors (Lipinski definition) is 4. The van der Waals surface area contributed by atoms with Gasteiger partial charge in [-0.2, -0.15) is 4.99 Å². The molecule has 5 aromatic carbocycles. The van der Waals surface area contributed by atoms with Crippen LogP contribution in [0.25, 0.3) is 42.0 Å². The van der Waals surface area contributed by atoms with Gasteiger partial charge in [0.2, 0.25) is 5.96 Å². The fourth-order valence-corrected chi connectivity index (χ4v) is 7.05. The Bertz CT molecular complexity index is 2080. The predicted octanol–water partition coefficient (Wildman–Crippen LogP) is 8.46. The van der Waals surface area contributed by atoms with Crippen molar-refractivity contribution in [3.8, 4) is 0 Å². The maximum Gasteiger partial charge on any atom is 0.214 e. The molecule has 0 radical (unpaired) electrons. The Kier molecular flexibility index (Phi) is 4.94. The molecule has 0 fully saturated rings. The summed E-state index contributed by atoms with van der Waals surface area (Å²) in [7, 11) is 2.10. The van der Waals surface area contributed by atoms with Gasteiger partial charge in [0.1, 0.15) is 0 Å². The number of rotatable bonds is 2. The second-order valence-electron chi connectivity index (χ2n) is 9.91. The first-order valence-electron chi connectivity index (χ1n) is 13.1. The maximum absolute atomic E-state index is 5.27. The maximum atomic E-state index is 5.27. The molecule has 3 heterocycles. The molecule has 1 aliphatic heterocycles. The highest BCUT2D eigenvalue weighted by Gasteiger charge is 2.29. The highest BCUT2D eigenvalue weighted by molar-refractivity contribution is 7.26. The third-order valence-corrected chi connectivity index (χ3v) is 8.84. The topological polar surface area (TPSA) is 32.9 Å². The predicted molar refractivity (Wildman–Crippen MR) is 165 cm³/mol. The van der Waals surface area contributed by atoms with E-state index in [1.54, 1.807) is 0 Å². The van der Waals surface area contributed by atoms with Gasteiger partial charge < -0.3 is 4.90 Å². The molecular weight excluding hydrogens is 496 g/mol. The summed E-state index contributed by atoms with van der Waals surface area (Å²) in [5.74, 6) is 1.61. The number of benzene rings is 5. The van der Waals surface area contributed by atoms with Gasteiger partial charge >= 0.3 is 0 Å². The number of fused-ring (bicyclic) bond motifs is 7. The molecule has 0 N–H and O–H groups in total. The van der Waals surface area contributed by atoms with E-state index >= 15 is 0 Å². The van der Waals surface area contributed by atoms with Crippen LogP contribution in [0, 0.1) is 0 Å². The van der Waals surface area contributed by atoms with E-state index in [4.69, 9.17) is 9.98 Å². The molecule has 0 bridgehead atoms. The molecule has 0 saturated carbocycles. The molecule has 0 saturated heterocycles. The Morgan fingerprint density at radius 3 is 2.13 bits per heavy atom. The molecule has 1 aliphatic rings. The van der Waals surface area contributed by atoms with Crippen molar-refractivity contribution < 1.29 is 0 Å². The lowest BCUT2D eigenvalue weighted by Crippen LogP contribution is -2.39. The quantitative estimate of drug-likeness (QED) is 0.225. The minimum Gasteiger partial charge on any atom is -0.319 e. The van der Waals surface area contributed by atoms with Crippen LogP contribution in [0.3, 0.4) is 0 Å². The van der Waals surface area contributed by atoms with E-state index in [1.807, 2.05) is 35.6 Å². The summed E-state index contributed by atoms with van der Waals surface area (Å²) in [4.78, 5) is 12.6. The van der Waals surface area contributed by atoms with E-state index in [0.717, 1.165) is 28.4 Å². The van der Waals surface area contributed by atoms with Crippen LogP contribution in [0.1, 0.15) is 17.3 Å². The van der Waals surface area contributed by atoms with Crippen LogP contribution in [0.15, 0.2) is 131 Å². The molecule has 0 aliphatic carbocycles. The fraction of sp³-hybridized carbons (Fsp3) is 0.0588. The van der Waals surface area contributed by atoms with Crippen LogP contribution in [0.2, 0.25) is 0 Å². The summed E-state index contributed by atoms with van der Waals surface area (Å²) < 4.78 is 4.93. The van der Waals surface area contributed by atoms with Gasteiger partial charge in [-0.25, -0.2) is 4.99 Å². The second kappa shape index (κ2) is 8.65. The Balaban J connectivity index is 1.48. The van der Waals surface area contributed by atoms with E-state index < -0.39 is 0 Å². The first kappa shape index (κ1) is 22.3. The van der Waals surface area contributed by atoms with Crippen molar-refractivity contribution >= 4 is 65.1 Å². The van der Waals surface area contributed by atoms with Gasteiger partial charge in [0.05, 0.1) is 15.7 Å². The molecule has 39 heavy (non-hydrogen) atoms. The third kappa shape index (κ3) is 3.37. The highest BCUT2D eigenvalue weighted by Crippen LogP contribution is 2.42. The minimum absolute atomic E-state index is 0.202.